The molecule has 0 heterocycles. The Labute approximate surface area is 82.4 Å². The third-order valence-corrected chi connectivity index (χ3v) is 7.15. The number of hydrogen-bond donors (Lipinski definition) is 0. The zero-order valence-corrected chi connectivity index (χ0v) is 11.9. The quantitative estimate of drug-likeness (QED) is 0.534. The molecule has 0 saturated carbocycles. The highest BCUT2D eigenvalue weighted by molar-refractivity contribution is 6.98. The van der Waals surface area contributed by atoms with E-state index < -0.39 is 0 Å². The van der Waals surface area contributed by atoms with Crippen molar-refractivity contribution in [1.82, 2.24) is 4.57 Å². The third kappa shape index (κ3) is 7.07. The van der Waals surface area contributed by atoms with Gasteiger partial charge in [-0.2, -0.15) is 0 Å². The fourth-order valence-electron chi connectivity index (χ4n) is 1.42. The SMILES string of the molecule is CCCCN(CCCC)[SiH2][SiH2]C. The summed E-state index contributed by atoms with van der Waals surface area (Å²) in [4.78, 5) is 0. The largest absolute Gasteiger partial charge is 0.332 e. The van der Waals surface area contributed by atoms with Gasteiger partial charge < -0.3 is 4.57 Å². The van der Waals surface area contributed by atoms with Crippen molar-refractivity contribution in [3.63, 3.8) is 0 Å². The fraction of sp³-hybridized carbons (Fsp3) is 1.00. The van der Waals surface area contributed by atoms with Crippen molar-refractivity contribution < 1.29 is 0 Å². The minimum absolute atomic E-state index is 0.267. The van der Waals surface area contributed by atoms with Crippen LogP contribution >= 0.6 is 0 Å². The minimum Gasteiger partial charge on any atom is -0.332 e. The summed E-state index contributed by atoms with van der Waals surface area (Å²) in [5, 5.41) is 0. The van der Waals surface area contributed by atoms with Crippen molar-refractivity contribution in [1.29, 1.82) is 0 Å². The molecule has 0 aliphatic rings. The lowest BCUT2D eigenvalue weighted by atomic mass is 10.3. The second kappa shape index (κ2) is 9.48. The lowest BCUT2D eigenvalue weighted by Gasteiger charge is -2.20. The molecule has 3 heteroatoms. The maximum absolute atomic E-state index is 2.80. The molecule has 0 N–H and O–H groups in total. The van der Waals surface area contributed by atoms with Gasteiger partial charge in [0, 0.05) is 9.04 Å². The van der Waals surface area contributed by atoms with Crippen LogP contribution in [0.15, 0.2) is 0 Å². The first-order valence-electron chi connectivity index (χ1n) is 5.57. The van der Waals surface area contributed by atoms with Crippen molar-refractivity contribution in [2.75, 3.05) is 13.1 Å². The molecule has 12 heavy (non-hydrogen) atoms. The highest BCUT2D eigenvalue weighted by Crippen LogP contribution is 1.96. The minimum atomic E-state index is 0.267. The number of unbranched alkanes of at least 4 members (excludes halogenated alkanes) is 2. The van der Waals surface area contributed by atoms with Gasteiger partial charge in [-0.25, -0.2) is 0 Å². The molecular formula is C9H25NSi2. The molecule has 74 valence electrons. The predicted octanol–water partition coefficient (Wildman–Crippen LogP) is 1.10. The molecule has 0 fully saturated rings. The van der Waals surface area contributed by atoms with E-state index in [9.17, 15) is 0 Å². The Morgan fingerprint density at radius 1 is 1.00 bits per heavy atom. The zero-order chi connectivity index (χ0) is 9.23. The average molecular weight is 203 g/mol. The molecular weight excluding hydrogens is 178 g/mol. The normalized spacial score (nSPS) is 13.0. The third-order valence-electron chi connectivity index (χ3n) is 2.20. The molecule has 0 unspecified atom stereocenters. The van der Waals surface area contributed by atoms with Crippen LogP contribution in [0.1, 0.15) is 39.5 Å². The van der Waals surface area contributed by atoms with Crippen LogP contribution < -0.4 is 0 Å². The zero-order valence-electron chi connectivity index (χ0n) is 9.10. The molecule has 0 spiro atoms. The van der Waals surface area contributed by atoms with E-state index in [0.717, 1.165) is 0 Å². The summed E-state index contributed by atoms with van der Waals surface area (Å²) in [6.45, 7) is 9.87. The fourth-order valence-corrected chi connectivity index (χ4v) is 6.18. The molecule has 0 atom stereocenters. The van der Waals surface area contributed by atoms with E-state index in [1.54, 1.807) is 0 Å². The van der Waals surface area contributed by atoms with Gasteiger partial charge in [-0.1, -0.05) is 33.2 Å². The maximum atomic E-state index is 2.80. The standard InChI is InChI=1S/C9H25NSi2/c1-4-6-8-10(12-11-3)9-7-5-2/h4-9,11-12H2,1-3H3. The first kappa shape index (κ1) is 12.4. The molecule has 0 radical (unpaired) electrons. The molecule has 0 aliphatic carbocycles. The van der Waals surface area contributed by atoms with Crippen LogP contribution in [0.5, 0.6) is 0 Å². The number of rotatable bonds is 8. The van der Waals surface area contributed by atoms with Gasteiger partial charge in [0.05, 0.1) is 9.20 Å². The van der Waals surface area contributed by atoms with Crippen LogP contribution in [0.4, 0.5) is 0 Å². The summed E-state index contributed by atoms with van der Waals surface area (Å²) in [7, 11) is 0.643. The highest BCUT2D eigenvalue weighted by Gasteiger charge is 2.01. The molecule has 0 aromatic carbocycles. The molecule has 0 amide bonds. The van der Waals surface area contributed by atoms with Gasteiger partial charge in [0.15, 0.2) is 0 Å². The van der Waals surface area contributed by atoms with E-state index >= 15 is 0 Å². The van der Waals surface area contributed by atoms with E-state index in [0.29, 0.717) is 9.04 Å². The van der Waals surface area contributed by atoms with Crippen molar-refractivity contribution in [2.45, 2.75) is 46.1 Å². The Bertz CT molecular complexity index is 80.6. The summed E-state index contributed by atoms with van der Waals surface area (Å²) < 4.78 is 2.80. The second-order valence-electron chi connectivity index (χ2n) is 3.55. The summed E-state index contributed by atoms with van der Waals surface area (Å²) in [5.41, 5.74) is 0. The molecule has 0 aliphatic heterocycles. The Morgan fingerprint density at radius 3 is 1.83 bits per heavy atom. The first-order chi connectivity index (χ1) is 5.85. The van der Waals surface area contributed by atoms with E-state index in [1.807, 2.05) is 0 Å². The Kier molecular flexibility index (Phi) is 9.79. The average Bonchev–Trinajstić information content (AvgIpc) is 2.10. The van der Waals surface area contributed by atoms with Gasteiger partial charge in [0.1, 0.15) is 0 Å². The van der Waals surface area contributed by atoms with Crippen LogP contribution in [-0.4, -0.2) is 35.9 Å². The predicted molar refractivity (Wildman–Crippen MR) is 64.3 cm³/mol. The molecule has 0 saturated heterocycles. The first-order valence-corrected chi connectivity index (χ1v) is 11.6. The van der Waals surface area contributed by atoms with Crippen LogP contribution in [-0.2, 0) is 0 Å². The van der Waals surface area contributed by atoms with E-state index in [2.05, 4.69) is 25.0 Å². The highest BCUT2D eigenvalue weighted by atomic mass is 29.1. The molecule has 1 nitrogen and oxygen atoms in total. The van der Waals surface area contributed by atoms with Crippen molar-refractivity contribution in [2.24, 2.45) is 0 Å². The summed E-state index contributed by atoms with van der Waals surface area (Å²) >= 11 is 0. The van der Waals surface area contributed by atoms with E-state index in [-0.39, 0.29) is 9.20 Å². The van der Waals surface area contributed by atoms with Gasteiger partial charge in [-0.3, -0.25) is 0 Å². The molecule has 0 rings (SSSR count). The van der Waals surface area contributed by atoms with Gasteiger partial charge in [-0.15, -0.1) is 0 Å². The number of nitrogens with zero attached hydrogens (tertiary/aromatic N) is 1. The van der Waals surface area contributed by atoms with Crippen LogP contribution in [0.25, 0.3) is 0 Å². The number of hydrogen-bond acceptors (Lipinski definition) is 1. The van der Waals surface area contributed by atoms with Crippen molar-refractivity contribution in [3.05, 3.63) is 0 Å². The molecule has 0 aromatic heterocycles. The van der Waals surface area contributed by atoms with Crippen molar-refractivity contribution in [3.8, 4) is 0 Å². The summed E-state index contributed by atoms with van der Waals surface area (Å²) in [6.07, 6.45) is 5.57. The van der Waals surface area contributed by atoms with Gasteiger partial charge >= 0.3 is 0 Å². The van der Waals surface area contributed by atoms with Gasteiger partial charge in [0.25, 0.3) is 0 Å². The topological polar surface area (TPSA) is 3.24 Å². The Balaban J connectivity index is 3.40. The second-order valence-corrected chi connectivity index (χ2v) is 10.2. The maximum Gasteiger partial charge on any atom is 0.0791 e. The molecule has 0 aromatic rings. The Morgan fingerprint density at radius 2 is 1.50 bits per heavy atom. The van der Waals surface area contributed by atoms with E-state index in [4.69, 9.17) is 0 Å². The van der Waals surface area contributed by atoms with Gasteiger partial charge in [0.2, 0.25) is 0 Å². The van der Waals surface area contributed by atoms with Crippen LogP contribution in [0.3, 0.4) is 0 Å². The lowest BCUT2D eigenvalue weighted by molar-refractivity contribution is 0.425. The monoisotopic (exact) mass is 203 g/mol. The van der Waals surface area contributed by atoms with Crippen molar-refractivity contribution >= 4 is 18.2 Å². The summed E-state index contributed by atoms with van der Waals surface area (Å²) in [5.74, 6) is 0. The smallest absolute Gasteiger partial charge is 0.0791 e. The Hall–Kier alpha value is 0.394. The lowest BCUT2D eigenvalue weighted by Crippen LogP contribution is -2.32. The van der Waals surface area contributed by atoms with Crippen LogP contribution in [0.2, 0.25) is 6.55 Å². The van der Waals surface area contributed by atoms with E-state index in [1.165, 1.54) is 38.8 Å². The molecule has 0 bridgehead atoms. The summed E-state index contributed by atoms with van der Waals surface area (Å²) in [6, 6.07) is 0. The van der Waals surface area contributed by atoms with Crippen LogP contribution in [0, 0.1) is 0 Å². The van der Waals surface area contributed by atoms with Gasteiger partial charge in [-0.05, 0) is 25.9 Å².